The maximum atomic E-state index is 12.4. The van der Waals surface area contributed by atoms with Crippen LogP contribution in [0.15, 0.2) is 0 Å². The van der Waals surface area contributed by atoms with Gasteiger partial charge in [0.15, 0.2) is 0 Å². The van der Waals surface area contributed by atoms with Gasteiger partial charge in [-0.2, -0.15) is 0 Å². The molecule has 4 aliphatic carbocycles. The average Bonchev–Trinajstić information content (AvgIpc) is 2.77. The Balaban J connectivity index is 1.68. The molecule has 0 aliphatic heterocycles. The summed E-state index contributed by atoms with van der Waals surface area (Å²) in [6, 6.07) is 0. The highest BCUT2D eigenvalue weighted by Gasteiger charge is 2.61. The standard InChI is InChI=1S/C19H30O3/c1-18-7-5-11(20)9-15(18)16(21)10-12-13-3-4-17(22)19(13,2)8-6-14(12)18/h11-16,20-21H,3-10H2,1-2H3/t11?,12-,13-,14-,15?,16?,18+,19-/m0/s1. The first-order valence-electron chi connectivity index (χ1n) is 9.25. The van der Waals surface area contributed by atoms with Crippen LogP contribution in [0.2, 0.25) is 0 Å². The molecule has 124 valence electrons. The molecule has 0 amide bonds. The number of carbonyl (C=O) groups excluding carboxylic acids is 1. The van der Waals surface area contributed by atoms with Crippen LogP contribution in [0.1, 0.15) is 65.2 Å². The smallest absolute Gasteiger partial charge is 0.139 e. The number of rotatable bonds is 0. The van der Waals surface area contributed by atoms with Crippen LogP contribution in [0, 0.1) is 34.5 Å². The van der Waals surface area contributed by atoms with Crippen LogP contribution in [-0.4, -0.2) is 28.2 Å². The van der Waals surface area contributed by atoms with Crippen molar-refractivity contribution in [3.8, 4) is 0 Å². The number of Topliss-reactive ketones (excluding diaryl/α,β-unsaturated/α-hetero) is 1. The van der Waals surface area contributed by atoms with Gasteiger partial charge in [-0.3, -0.25) is 4.79 Å². The minimum Gasteiger partial charge on any atom is -0.393 e. The number of carbonyl (C=O) groups is 1. The van der Waals surface area contributed by atoms with Crippen molar-refractivity contribution in [2.45, 2.75) is 77.4 Å². The summed E-state index contributed by atoms with van der Waals surface area (Å²) in [5, 5.41) is 20.8. The van der Waals surface area contributed by atoms with Gasteiger partial charge in [0.25, 0.3) is 0 Å². The van der Waals surface area contributed by atoms with Gasteiger partial charge in [-0.15, -0.1) is 0 Å². The molecule has 4 aliphatic rings. The molecule has 8 atom stereocenters. The Morgan fingerprint density at radius 3 is 2.50 bits per heavy atom. The van der Waals surface area contributed by atoms with Crippen LogP contribution in [0.5, 0.6) is 0 Å². The van der Waals surface area contributed by atoms with E-state index in [1.165, 1.54) is 0 Å². The molecule has 0 heterocycles. The summed E-state index contributed by atoms with van der Waals surface area (Å²) in [6.45, 7) is 4.55. The van der Waals surface area contributed by atoms with Gasteiger partial charge >= 0.3 is 0 Å². The molecule has 0 bridgehead atoms. The van der Waals surface area contributed by atoms with Crippen LogP contribution in [0.4, 0.5) is 0 Å². The van der Waals surface area contributed by atoms with Gasteiger partial charge in [-0.1, -0.05) is 13.8 Å². The van der Waals surface area contributed by atoms with E-state index in [-0.39, 0.29) is 29.0 Å². The van der Waals surface area contributed by atoms with E-state index in [9.17, 15) is 15.0 Å². The van der Waals surface area contributed by atoms with E-state index in [2.05, 4.69) is 13.8 Å². The molecule has 0 aromatic rings. The molecule has 4 saturated carbocycles. The van der Waals surface area contributed by atoms with Crippen molar-refractivity contribution >= 4 is 5.78 Å². The van der Waals surface area contributed by atoms with Crippen molar-refractivity contribution in [1.82, 2.24) is 0 Å². The normalized spacial score (nSPS) is 57.9. The topological polar surface area (TPSA) is 57.5 Å². The second kappa shape index (κ2) is 4.80. The van der Waals surface area contributed by atoms with Crippen LogP contribution < -0.4 is 0 Å². The lowest BCUT2D eigenvalue weighted by Crippen LogP contribution is -2.58. The third kappa shape index (κ3) is 1.84. The van der Waals surface area contributed by atoms with E-state index < -0.39 is 0 Å². The molecular formula is C19H30O3. The summed E-state index contributed by atoms with van der Waals surface area (Å²) >= 11 is 0. The SMILES string of the molecule is C[C@]12CCC(O)CC1C(O)C[C@@H]1[C@@H]2CC[C@]2(C)C(=O)CC[C@@H]12. The summed E-state index contributed by atoms with van der Waals surface area (Å²) < 4.78 is 0. The molecule has 3 unspecified atom stereocenters. The van der Waals surface area contributed by atoms with Crippen molar-refractivity contribution in [1.29, 1.82) is 0 Å². The van der Waals surface area contributed by atoms with Crippen molar-refractivity contribution in [3.05, 3.63) is 0 Å². The van der Waals surface area contributed by atoms with Gasteiger partial charge in [0.2, 0.25) is 0 Å². The first-order valence-corrected chi connectivity index (χ1v) is 9.25. The summed E-state index contributed by atoms with van der Waals surface area (Å²) in [5.74, 6) is 2.35. The highest BCUT2D eigenvalue weighted by molar-refractivity contribution is 5.87. The second-order valence-corrected chi connectivity index (χ2v) is 9.14. The van der Waals surface area contributed by atoms with E-state index in [0.29, 0.717) is 23.5 Å². The van der Waals surface area contributed by atoms with Crippen molar-refractivity contribution < 1.29 is 15.0 Å². The summed E-state index contributed by atoms with van der Waals surface area (Å²) in [6.07, 6.45) is 6.97. The summed E-state index contributed by atoms with van der Waals surface area (Å²) in [7, 11) is 0. The quantitative estimate of drug-likeness (QED) is 0.723. The van der Waals surface area contributed by atoms with E-state index >= 15 is 0 Å². The van der Waals surface area contributed by atoms with Gasteiger partial charge in [0.05, 0.1) is 12.2 Å². The fourth-order valence-electron chi connectivity index (χ4n) is 7.05. The highest BCUT2D eigenvalue weighted by Crippen LogP contribution is 2.65. The molecule has 3 heteroatoms. The van der Waals surface area contributed by atoms with Crippen molar-refractivity contribution in [2.75, 3.05) is 0 Å². The Hall–Kier alpha value is -0.410. The minimum atomic E-state index is -0.292. The number of hydrogen-bond donors (Lipinski definition) is 2. The van der Waals surface area contributed by atoms with Crippen molar-refractivity contribution in [3.63, 3.8) is 0 Å². The maximum absolute atomic E-state index is 12.4. The molecular weight excluding hydrogens is 276 g/mol. The molecule has 0 saturated heterocycles. The summed E-state index contributed by atoms with van der Waals surface area (Å²) in [4.78, 5) is 12.4. The number of aliphatic hydroxyl groups is 2. The number of fused-ring (bicyclic) bond motifs is 5. The minimum absolute atomic E-state index is 0.113. The third-order valence-electron chi connectivity index (χ3n) is 8.36. The fraction of sp³-hybridized carbons (Fsp3) is 0.947. The molecule has 3 nitrogen and oxygen atoms in total. The van der Waals surface area contributed by atoms with Crippen LogP contribution in [0.25, 0.3) is 0 Å². The molecule has 0 radical (unpaired) electrons. The van der Waals surface area contributed by atoms with Gasteiger partial charge in [0.1, 0.15) is 5.78 Å². The van der Waals surface area contributed by atoms with E-state index in [1.807, 2.05) is 0 Å². The monoisotopic (exact) mass is 306 g/mol. The molecule has 0 spiro atoms. The van der Waals surface area contributed by atoms with E-state index in [1.54, 1.807) is 0 Å². The fourth-order valence-corrected chi connectivity index (χ4v) is 7.05. The van der Waals surface area contributed by atoms with E-state index in [0.717, 1.165) is 51.4 Å². The van der Waals surface area contributed by atoms with Gasteiger partial charge in [-0.25, -0.2) is 0 Å². The average molecular weight is 306 g/mol. The zero-order valence-corrected chi connectivity index (χ0v) is 13.9. The lowest BCUT2D eigenvalue weighted by molar-refractivity contribution is -0.170. The van der Waals surface area contributed by atoms with Gasteiger partial charge in [-0.05, 0) is 74.0 Å². The predicted octanol–water partition coefficient (Wildman–Crippen LogP) is 2.93. The van der Waals surface area contributed by atoms with Crippen LogP contribution in [-0.2, 0) is 4.79 Å². The largest absolute Gasteiger partial charge is 0.393 e. The maximum Gasteiger partial charge on any atom is 0.139 e. The summed E-state index contributed by atoms with van der Waals surface area (Å²) in [5.41, 5.74) is 0.0484. The highest BCUT2D eigenvalue weighted by atomic mass is 16.3. The predicted molar refractivity (Wildman–Crippen MR) is 84.1 cm³/mol. The number of aliphatic hydroxyl groups excluding tert-OH is 2. The Labute approximate surface area is 133 Å². The Bertz CT molecular complexity index is 489. The second-order valence-electron chi connectivity index (χ2n) is 9.14. The Morgan fingerprint density at radius 2 is 1.73 bits per heavy atom. The lowest BCUT2D eigenvalue weighted by atomic mass is 9.44. The zero-order valence-electron chi connectivity index (χ0n) is 13.9. The lowest BCUT2D eigenvalue weighted by Gasteiger charge is -2.61. The van der Waals surface area contributed by atoms with Gasteiger partial charge < -0.3 is 10.2 Å². The first kappa shape index (κ1) is 15.1. The molecule has 0 aromatic heterocycles. The Kier molecular flexibility index (Phi) is 3.30. The third-order valence-corrected chi connectivity index (χ3v) is 8.36. The number of hydrogen-bond acceptors (Lipinski definition) is 3. The van der Waals surface area contributed by atoms with E-state index in [4.69, 9.17) is 0 Å². The molecule has 2 N–H and O–H groups in total. The zero-order chi connectivity index (χ0) is 15.7. The molecule has 0 aromatic carbocycles. The van der Waals surface area contributed by atoms with Crippen molar-refractivity contribution in [2.24, 2.45) is 34.5 Å². The first-order chi connectivity index (χ1) is 10.4. The molecule has 4 fully saturated rings. The molecule has 4 rings (SSSR count). The number of ketones is 1. The Morgan fingerprint density at radius 1 is 0.955 bits per heavy atom. The van der Waals surface area contributed by atoms with Gasteiger partial charge in [0, 0.05) is 11.8 Å². The molecule has 22 heavy (non-hydrogen) atoms. The van der Waals surface area contributed by atoms with Crippen LogP contribution in [0.3, 0.4) is 0 Å². The van der Waals surface area contributed by atoms with Crippen LogP contribution >= 0.6 is 0 Å².